The summed E-state index contributed by atoms with van der Waals surface area (Å²) in [6, 6.07) is 0. The third kappa shape index (κ3) is 5.45. The maximum Gasteiger partial charge on any atom is 0.0897 e. The number of rotatable bonds is 6. The number of aliphatic hydroxyl groups is 4. The highest BCUT2D eigenvalue weighted by Gasteiger charge is 2.10. The molecule has 0 aliphatic heterocycles. The van der Waals surface area contributed by atoms with Crippen LogP contribution in [-0.2, 0) is 0 Å². The van der Waals surface area contributed by atoms with Crippen LogP contribution in [0.3, 0.4) is 0 Å². The second-order valence-corrected chi connectivity index (χ2v) is 2.89. The Morgan fingerprint density at radius 3 is 1.58 bits per heavy atom. The summed E-state index contributed by atoms with van der Waals surface area (Å²) in [5, 5.41) is 34.9. The zero-order chi connectivity index (χ0) is 9.56. The lowest BCUT2D eigenvalue weighted by atomic mass is 10.3. The standard InChI is InChI=1S/C7H17NO4/c1-8(2-6(11)4-9)3-7(12)5-10/h6-7,9-12H,2-5H2,1H3. The van der Waals surface area contributed by atoms with Crippen molar-refractivity contribution < 1.29 is 20.4 Å². The molecular formula is C7H17NO4. The Labute approximate surface area is 71.9 Å². The van der Waals surface area contributed by atoms with Gasteiger partial charge >= 0.3 is 0 Å². The largest absolute Gasteiger partial charge is 0.394 e. The van der Waals surface area contributed by atoms with Crippen LogP contribution in [0.2, 0.25) is 0 Å². The Bertz CT molecular complexity index is 99.6. The van der Waals surface area contributed by atoms with Crippen molar-refractivity contribution in [3.05, 3.63) is 0 Å². The van der Waals surface area contributed by atoms with E-state index in [-0.39, 0.29) is 26.3 Å². The van der Waals surface area contributed by atoms with E-state index >= 15 is 0 Å². The maximum absolute atomic E-state index is 8.98. The number of hydrogen-bond acceptors (Lipinski definition) is 5. The lowest BCUT2D eigenvalue weighted by molar-refractivity contribution is 0.0327. The molecule has 12 heavy (non-hydrogen) atoms. The van der Waals surface area contributed by atoms with Crippen molar-refractivity contribution >= 4 is 0 Å². The lowest BCUT2D eigenvalue weighted by Gasteiger charge is -2.21. The van der Waals surface area contributed by atoms with Gasteiger partial charge in [-0.15, -0.1) is 0 Å². The fourth-order valence-electron chi connectivity index (χ4n) is 0.910. The summed E-state index contributed by atoms with van der Waals surface area (Å²) in [5.74, 6) is 0. The van der Waals surface area contributed by atoms with E-state index in [9.17, 15) is 0 Å². The molecule has 0 spiro atoms. The molecule has 0 aliphatic carbocycles. The first kappa shape index (κ1) is 11.8. The zero-order valence-electron chi connectivity index (χ0n) is 7.22. The van der Waals surface area contributed by atoms with Crippen LogP contribution in [0.15, 0.2) is 0 Å². The van der Waals surface area contributed by atoms with Crippen molar-refractivity contribution in [1.29, 1.82) is 0 Å². The van der Waals surface area contributed by atoms with Gasteiger partial charge in [-0.25, -0.2) is 0 Å². The average molecular weight is 179 g/mol. The first-order chi connectivity index (χ1) is 5.60. The van der Waals surface area contributed by atoms with Gasteiger partial charge in [-0.3, -0.25) is 0 Å². The minimum Gasteiger partial charge on any atom is -0.394 e. The van der Waals surface area contributed by atoms with Gasteiger partial charge in [0, 0.05) is 13.1 Å². The van der Waals surface area contributed by atoms with E-state index in [2.05, 4.69) is 0 Å². The number of hydrogen-bond donors (Lipinski definition) is 4. The molecule has 0 heterocycles. The summed E-state index contributed by atoms with van der Waals surface area (Å²) in [7, 11) is 1.69. The fraction of sp³-hybridized carbons (Fsp3) is 1.00. The molecule has 5 nitrogen and oxygen atoms in total. The SMILES string of the molecule is CN(CC(O)CO)CC(O)CO. The van der Waals surface area contributed by atoms with Gasteiger partial charge in [0.25, 0.3) is 0 Å². The van der Waals surface area contributed by atoms with Crippen molar-refractivity contribution in [3.63, 3.8) is 0 Å². The van der Waals surface area contributed by atoms with E-state index in [1.54, 1.807) is 11.9 Å². The predicted octanol–water partition coefficient (Wildman–Crippen LogP) is -2.38. The van der Waals surface area contributed by atoms with Crippen molar-refractivity contribution in [2.45, 2.75) is 12.2 Å². The highest BCUT2D eigenvalue weighted by Crippen LogP contribution is 1.91. The Hall–Kier alpha value is -0.200. The minimum atomic E-state index is -0.791. The van der Waals surface area contributed by atoms with Crippen LogP contribution in [0.25, 0.3) is 0 Å². The smallest absolute Gasteiger partial charge is 0.0897 e. The van der Waals surface area contributed by atoms with Crippen molar-refractivity contribution in [1.82, 2.24) is 4.90 Å². The Balaban J connectivity index is 3.51. The molecular weight excluding hydrogens is 162 g/mol. The summed E-state index contributed by atoms with van der Waals surface area (Å²) in [4.78, 5) is 1.64. The normalized spacial score (nSPS) is 16.5. The van der Waals surface area contributed by atoms with Crippen LogP contribution < -0.4 is 0 Å². The first-order valence-electron chi connectivity index (χ1n) is 3.86. The fourth-order valence-corrected chi connectivity index (χ4v) is 0.910. The van der Waals surface area contributed by atoms with Gasteiger partial charge in [-0.1, -0.05) is 0 Å². The summed E-state index contributed by atoms with van der Waals surface area (Å²) in [6.07, 6.45) is -1.58. The van der Waals surface area contributed by atoms with Gasteiger partial charge in [0.05, 0.1) is 25.4 Å². The van der Waals surface area contributed by atoms with Gasteiger partial charge in [-0.05, 0) is 7.05 Å². The third-order valence-corrected chi connectivity index (χ3v) is 1.47. The van der Waals surface area contributed by atoms with E-state index in [0.717, 1.165) is 0 Å². The maximum atomic E-state index is 8.98. The van der Waals surface area contributed by atoms with Gasteiger partial charge in [0.1, 0.15) is 0 Å². The van der Waals surface area contributed by atoms with Gasteiger partial charge in [0.2, 0.25) is 0 Å². The molecule has 0 aromatic heterocycles. The van der Waals surface area contributed by atoms with Crippen molar-refractivity contribution in [2.24, 2.45) is 0 Å². The molecule has 0 rings (SSSR count). The molecule has 4 N–H and O–H groups in total. The van der Waals surface area contributed by atoms with Crippen LogP contribution in [0.4, 0.5) is 0 Å². The van der Waals surface area contributed by atoms with Gasteiger partial charge < -0.3 is 25.3 Å². The highest BCUT2D eigenvalue weighted by atomic mass is 16.3. The Morgan fingerprint density at radius 2 is 1.33 bits per heavy atom. The molecule has 5 heteroatoms. The Morgan fingerprint density at radius 1 is 1.00 bits per heavy atom. The monoisotopic (exact) mass is 179 g/mol. The molecule has 0 aliphatic rings. The molecule has 0 bridgehead atoms. The van der Waals surface area contributed by atoms with E-state index in [0.29, 0.717) is 0 Å². The number of aliphatic hydroxyl groups excluding tert-OH is 4. The molecule has 0 aromatic rings. The van der Waals surface area contributed by atoms with E-state index in [1.807, 2.05) is 0 Å². The van der Waals surface area contributed by atoms with Crippen molar-refractivity contribution in [3.8, 4) is 0 Å². The second kappa shape index (κ2) is 6.33. The quantitative estimate of drug-likeness (QED) is 0.366. The molecule has 74 valence electrons. The molecule has 0 saturated heterocycles. The topological polar surface area (TPSA) is 84.2 Å². The molecule has 0 saturated carbocycles. The third-order valence-electron chi connectivity index (χ3n) is 1.47. The molecule has 2 atom stereocenters. The number of nitrogens with zero attached hydrogens (tertiary/aromatic N) is 1. The molecule has 0 fully saturated rings. The van der Waals surface area contributed by atoms with Crippen LogP contribution in [0.1, 0.15) is 0 Å². The molecule has 0 aromatic carbocycles. The summed E-state index contributed by atoms with van der Waals surface area (Å²) in [5.41, 5.74) is 0. The predicted molar refractivity (Wildman–Crippen MR) is 43.7 cm³/mol. The van der Waals surface area contributed by atoms with E-state index in [4.69, 9.17) is 20.4 Å². The first-order valence-corrected chi connectivity index (χ1v) is 3.86. The second-order valence-electron chi connectivity index (χ2n) is 2.89. The molecule has 0 amide bonds. The van der Waals surface area contributed by atoms with Crippen LogP contribution >= 0.6 is 0 Å². The van der Waals surface area contributed by atoms with Gasteiger partial charge in [0.15, 0.2) is 0 Å². The summed E-state index contributed by atoms with van der Waals surface area (Å²) >= 11 is 0. The number of likely N-dealkylation sites (N-methyl/N-ethyl adjacent to an activating group) is 1. The van der Waals surface area contributed by atoms with Gasteiger partial charge in [-0.2, -0.15) is 0 Å². The molecule has 2 unspecified atom stereocenters. The van der Waals surface area contributed by atoms with Crippen LogP contribution in [0, 0.1) is 0 Å². The summed E-state index contributed by atoms with van der Waals surface area (Å²) in [6.45, 7) is -0.0137. The molecule has 0 radical (unpaired) electrons. The lowest BCUT2D eigenvalue weighted by Crippen LogP contribution is -2.37. The Kier molecular flexibility index (Phi) is 6.23. The average Bonchev–Trinajstić information content (AvgIpc) is 2.03. The summed E-state index contributed by atoms with van der Waals surface area (Å²) < 4.78 is 0. The zero-order valence-corrected chi connectivity index (χ0v) is 7.22. The van der Waals surface area contributed by atoms with Crippen molar-refractivity contribution in [2.75, 3.05) is 33.4 Å². The van der Waals surface area contributed by atoms with Crippen LogP contribution in [-0.4, -0.2) is 70.9 Å². The van der Waals surface area contributed by atoms with E-state index in [1.165, 1.54) is 0 Å². The van der Waals surface area contributed by atoms with Crippen LogP contribution in [0.5, 0.6) is 0 Å². The highest BCUT2D eigenvalue weighted by molar-refractivity contribution is 4.63. The minimum absolute atomic E-state index is 0.285. The van der Waals surface area contributed by atoms with E-state index < -0.39 is 12.2 Å².